The third-order valence-electron chi connectivity index (χ3n) is 3.74. The van der Waals surface area contributed by atoms with Crippen molar-refractivity contribution in [2.24, 2.45) is 0 Å². The van der Waals surface area contributed by atoms with E-state index >= 15 is 0 Å². The van der Waals surface area contributed by atoms with Crippen LogP contribution in [0, 0.1) is 6.92 Å². The number of carboxylic acids is 1. The molecule has 20 heavy (non-hydrogen) atoms. The minimum Gasteiger partial charge on any atom is -0.496 e. The van der Waals surface area contributed by atoms with Gasteiger partial charge in [0.1, 0.15) is 11.4 Å². The van der Waals surface area contributed by atoms with Crippen LogP contribution in [0.15, 0.2) is 30.3 Å². The summed E-state index contributed by atoms with van der Waals surface area (Å²) in [6, 6.07) is 9.85. The van der Waals surface area contributed by atoms with Crippen LogP contribution in [0.2, 0.25) is 0 Å². The zero-order chi connectivity index (χ0) is 14.3. The average Bonchev–Trinajstić information content (AvgIpc) is 3.16. The second kappa shape index (κ2) is 4.71. The zero-order valence-corrected chi connectivity index (χ0v) is 11.6. The van der Waals surface area contributed by atoms with Crippen LogP contribution in [-0.2, 0) is 0 Å². The molecule has 1 aromatic heterocycles. The molecule has 0 bridgehead atoms. The summed E-state index contributed by atoms with van der Waals surface area (Å²) in [7, 11) is 1.65. The Labute approximate surface area is 117 Å². The number of aromatic nitrogens is 1. The van der Waals surface area contributed by atoms with Crippen LogP contribution in [0.25, 0.3) is 11.3 Å². The van der Waals surface area contributed by atoms with Gasteiger partial charge in [-0.1, -0.05) is 0 Å². The monoisotopic (exact) mass is 271 g/mol. The fraction of sp³-hybridized carbons (Fsp3) is 0.312. The third-order valence-corrected chi connectivity index (χ3v) is 3.74. The molecule has 1 aliphatic carbocycles. The van der Waals surface area contributed by atoms with Crippen molar-refractivity contribution in [2.45, 2.75) is 25.8 Å². The topological polar surface area (TPSA) is 51.5 Å². The number of aromatic carboxylic acids is 1. The van der Waals surface area contributed by atoms with Gasteiger partial charge in [-0.3, -0.25) is 0 Å². The first-order chi connectivity index (χ1) is 9.61. The molecule has 0 unspecified atom stereocenters. The van der Waals surface area contributed by atoms with Crippen molar-refractivity contribution in [1.29, 1.82) is 0 Å². The van der Waals surface area contributed by atoms with Crippen LogP contribution in [0.4, 0.5) is 0 Å². The van der Waals surface area contributed by atoms with E-state index in [2.05, 4.69) is 0 Å². The quantitative estimate of drug-likeness (QED) is 0.925. The molecular weight excluding hydrogens is 254 g/mol. The predicted octanol–water partition coefficient (Wildman–Crippen LogP) is 3.51. The minimum absolute atomic E-state index is 0.327. The first-order valence-corrected chi connectivity index (χ1v) is 6.71. The van der Waals surface area contributed by atoms with Crippen LogP contribution in [0.1, 0.15) is 34.9 Å². The summed E-state index contributed by atoms with van der Waals surface area (Å²) in [6.07, 6.45) is 2.11. The first-order valence-electron chi connectivity index (χ1n) is 6.71. The molecule has 0 aliphatic heterocycles. The number of methoxy groups -OCH3 is 1. The van der Waals surface area contributed by atoms with Gasteiger partial charge in [0.2, 0.25) is 0 Å². The fourth-order valence-corrected chi connectivity index (χ4v) is 2.62. The SMILES string of the molecule is COc1ccc(-c2ccc(C(=O)O)n2C2CC2)cc1C. The second-order valence-electron chi connectivity index (χ2n) is 5.19. The lowest BCUT2D eigenvalue weighted by molar-refractivity contribution is 0.0685. The van der Waals surface area contributed by atoms with E-state index in [1.165, 1.54) is 0 Å². The summed E-state index contributed by atoms with van der Waals surface area (Å²) in [6.45, 7) is 1.99. The highest BCUT2D eigenvalue weighted by molar-refractivity contribution is 5.87. The van der Waals surface area contributed by atoms with Gasteiger partial charge in [-0.2, -0.15) is 0 Å². The van der Waals surface area contributed by atoms with Gasteiger partial charge in [-0.15, -0.1) is 0 Å². The Bertz CT molecular complexity index is 668. The van der Waals surface area contributed by atoms with E-state index in [0.717, 1.165) is 35.4 Å². The molecule has 1 fully saturated rings. The lowest BCUT2D eigenvalue weighted by Gasteiger charge is -2.12. The normalized spacial score (nSPS) is 14.3. The Morgan fingerprint density at radius 2 is 2.05 bits per heavy atom. The van der Waals surface area contributed by atoms with Gasteiger partial charge < -0.3 is 14.4 Å². The van der Waals surface area contributed by atoms with Crippen molar-refractivity contribution >= 4 is 5.97 Å². The van der Waals surface area contributed by atoms with Crippen molar-refractivity contribution in [3.63, 3.8) is 0 Å². The van der Waals surface area contributed by atoms with E-state index in [1.54, 1.807) is 13.2 Å². The molecule has 1 N–H and O–H groups in total. The lowest BCUT2D eigenvalue weighted by atomic mass is 10.1. The largest absolute Gasteiger partial charge is 0.496 e. The summed E-state index contributed by atoms with van der Waals surface area (Å²) in [4.78, 5) is 11.3. The number of aryl methyl sites for hydroxylation is 1. The first kappa shape index (κ1) is 12.8. The molecule has 0 amide bonds. The molecule has 0 radical (unpaired) electrons. The smallest absolute Gasteiger partial charge is 0.352 e. The summed E-state index contributed by atoms with van der Waals surface area (Å²) in [5.74, 6) is -0.0230. The standard InChI is InChI=1S/C16H17NO3/c1-10-9-11(3-8-15(10)20-2)13-6-7-14(16(18)19)17(13)12-4-5-12/h3,6-9,12H,4-5H2,1-2H3,(H,18,19). The van der Waals surface area contributed by atoms with Gasteiger partial charge in [0.05, 0.1) is 7.11 Å². The second-order valence-corrected chi connectivity index (χ2v) is 5.19. The van der Waals surface area contributed by atoms with Crippen LogP contribution in [0.5, 0.6) is 5.75 Å². The lowest BCUT2D eigenvalue weighted by Crippen LogP contribution is -2.08. The minimum atomic E-state index is -0.867. The zero-order valence-electron chi connectivity index (χ0n) is 11.6. The molecule has 0 atom stereocenters. The molecule has 4 heteroatoms. The predicted molar refractivity (Wildman–Crippen MR) is 76.4 cm³/mol. The molecular formula is C16H17NO3. The van der Waals surface area contributed by atoms with Crippen molar-refractivity contribution in [2.75, 3.05) is 7.11 Å². The van der Waals surface area contributed by atoms with E-state index < -0.39 is 5.97 Å². The molecule has 0 spiro atoms. The number of carboxylic acid groups (broad SMARTS) is 1. The van der Waals surface area contributed by atoms with E-state index in [4.69, 9.17) is 4.74 Å². The molecule has 3 rings (SSSR count). The maximum absolute atomic E-state index is 11.3. The van der Waals surface area contributed by atoms with E-state index in [9.17, 15) is 9.90 Å². The summed E-state index contributed by atoms with van der Waals surface area (Å²) in [5.41, 5.74) is 3.42. The van der Waals surface area contributed by atoms with Gasteiger partial charge >= 0.3 is 5.97 Å². The van der Waals surface area contributed by atoms with Crippen molar-refractivity contribution in [3.05, 3.63) is 41.6 Å². The average molecular weight is 271 g/mol. The Morgan fingerprint density at radius 1 is 1.30 bits per heavy atom. The van der Waals surface area contributed by atoms with Gasteiger partial charge in [0.15, 0.2) is 0 Å². The van der Waals surface area contributed by atoms with Crippen molar-refractivity contribution < 1.29 is 14.6 Å². The van der Waals surface area contributed by atoms with E-state index in [-0.39, 0.29) is 0 Å². The number of nitrogens with zero attached hydrogens (tertiary/aromatic N) is 1. The van der Waals surface area contributed by atoms with Crippen molar-refractivity contribution in [1.82, 2.24) is 4.57 Å². The number of rotatable bonds is 4. The summed E-state index contributed by atoms with van der Waals surface area (Å²) in [5, 5.41) is 9.30. The molecule has 1 heterocycles. The summed E-state index contributed by atoms with van der Waals surface area (Å²) >= 11 is 0. The number of hydrogen-bond donors (Lipinski definition) is 1. The molecule has 4 nitrogen and oxygen atoms in total. The maximum atomic E-state index is 11.3. The van der Waals surface area contributed by atoms with Gasteiger partial charge in [0, 0.05) is 11.7 Å². The molecule has 2 aromatic rings. The van der Waals surface area contributed by atoms with Gasteiger partial charge in [-0.05, 0) is 61.2 Å². The Balaban J connectivity index is 2.10. The number of hydrogen-bond acceptors (Lipinski definition) is 2. The number of carbonyl (C=O) groups is 1. The highest BCUT2D eigenvalue weighted by atomic mass is 16.5. The van der Waals surface area contributed by atoms with Crippen molar-refractivity contribution in [3.8, 4) is 17.0 Å². The molecule has 0 saturated heterocycles. The highest BCUT2D eigenvalue weighted by Crippen LogP contribution is 2.41. The fourth-order valence-electron chi connectivity index (χ4n) is 2.62. The number of benzene rings is 1. The van der Waals surface area contributed by atoms with Crippen LogP contribution >= 0.6 is 0 Å². The van der Waals surface area contributed by atoms with Crippen LogP contribution in [0.3, 0.4) is 0 Å². The molecule has 1 aromatic carbocycles. The Morgan fingerprint density at radius 3 is 2.60 bits per heavy atom. The number of ether oxygens (including phenoxy) is 1. The van der Waals surface area contributed by atoms with Crippen LogP contribution in [-0.4, -0.2) is 22.8 Å². The summed E-state index contributed by atoms with van der Waals surface area (Å²) < 4.78 is 7.22. The highest BCUT2D eigenvalue weighted by Gasteiger charge is 2.29. The van der Waals surface area contributed by atoms with E-state index in [1.807, 2.05) is 35.8 Å². The Kier molecular flexibility index (Phi) is 3.01. The molecule has 104 valence electrons. The molecule has 1 saturated carbocycles. The third kappa shape index (κ3) is 2.07. The molecule has 1 aliphatic rings. The van der Waals surface area contributed by atoms with Gasteiger partial charge in [0.25, 0.3) is 0 Å². The maximum Gasteiger partial charge on any atom is 0.352 e. The van der Waals surface area contributed by atoms with E-state index in [0.29, 0.717) is 11.7 Å². The Hall–Kier alpha value is -2.23. The van der Waals surface area contributed by atoms with Gasteiger partial charge in [-0.25, -0.2) is 4.79 Å². The van der Waals surface area contributed by atoms with Crippen LogP contribution < -0.4 is 4.74 Å².